The number of anilines is 1. The van der Waals surface area contributed by atoms with Gasteiger partial charge in [-0.3, -0.25) is 4.79 Å². The number of nitrogens with one attached hydrogen (secondary N) is 1. The van der Waals surface area contributed by atoms with Crippen molar-refractivity contribution in [1.29, 1.82) is 0 Å². The van der Waals surface area contributed by atoms with Crippen molar-refractivity contribution in [2.24, 2.45) is 0 Å². The number of aryl methyl sites for hydroxylation is 3. The Kier molecular flexibility index (Phi) is 6.61. The molecule has 8 heteroatoms. The molecular formula is C27H29N5O3. The minimum absolute atomic E-state index is 0.0772. The maximum Gasteiger partial charge on any atom is 0.228 e. The van der Waals surface area contributed by atoms with Gasteiger partial charge >= 0.3 is 0 Å². The van der Waals surface area contributed by atoms with Crippen LogP contribution < -0.4 is 10.1 Å². The Bertz CT molecular complexity index is 1300. The van der Waals surface area contributed by atoms with Gasteiger partial charge in [-0.15, -0.1) is 10.2 Å². The molecule has 0 radical (unpaired) electrons. The number of fused-ring (bicyclic) bond motifs is 1. The van der Waals surface area contributed by atoms with Crippen LogP contribution in [0.2, 0.25) is 0 Å². The van der Waals surface area contributed by atoms with Crippen LogP contribution in [0, 0.1) is 13.8 Å². The largest absolute Gasteiger partial charge is 0.489 e. The number of aromatic nitrogens is 4. The highest BCUT2D eigenvalue weighted by Crippen LogP contribution is 2.25. The van der Waals surface area contributed by atoms with Gasteiger partial charge in [0.25, 0.3) is 0 Å². The monoisotopic (exact) mass is 471 g/mol. The van der Waals surface area contributed by atoms with E-state index in [9.17, 15) is 4.79 Å². The van der Waals surface area contributed by atoms with Crippen LogP contribution in [0.25, 0.3) is 11.4 Å². The van der Waals surface area contributed by atoms with Crippen LogP contribution in [0.15, 0.2) is 53.1 Å². The van der Waals surface area contributed by atoms with E-state index in [0.717, 1.165) is 77.0 Å². The Morgan fingerprint density at radius 1 is 1.09 bits per heavy atom. The fourth-order valence-corrected chi connectivity index (χ4v) is 4.39. The minimum Gasteiger partial charge on any atom is -0.489 e. The van der Waals surface area contributed by atoms with Gasteiger partial charge in [0, 0.05) is 24.2 Å². The van der Waals surface area contributed by atoms with E-state index >= 15 is 0 Å². The second-order valence-corrected chi connectivity index (χ2v) is 8.94. The minimum atomic E-state index is -0.0772. The molecule has 0 aliphatic carbocycles. The molecule has 0 atom stereocenters. The number of ether oxygens (including phenoxy) is 1. The number of nitrogens with zero attached hydrogens (tertiary/aromatic N) is 4. The lowest BCUT2D eigenvalue weighted by atomic mass is 10.1. The average molecular weight is 472 g/mol. The van der Waals surface area contributed by atoms with E-state index in [0.29, 0.717) is 6.61 Å². The second kappa shape index (κ2) is 10.1. The van der Waals surface area contributed by atoms with E-state index in [4.69, 9.17) is 9.26 Å². The summed E-state index contributed by atoms with van der Waals surface area (Å²) in [6.45, 7) is 5.10. The SMILES string of the molecule is Cc1noc(C)c1COc1ccc(CC(=O)Nc2cccc(-c3nnc4n3CCCCC4)c2)cc1. The van der Waals surface area contributed by atoms with E-state index in [1.54, 1.807) is 0 Å². The first-order chi connectivity index (χ1) is 17.1. The van der Waals surface area contributed by atoms with Crippen LogP contribution >= 0.6 is 0 Å². The lowest BCUT2D eigenvalue weighted by molar-refractivity contribution is -0.115. The highest BCUT2D eigenvalue weighted by molar-refractivity contribution is 5.92. The highest BCUT2D eigenvalue weighted by atomic mass is 16.5. The summed E-state index contributed by atoms with van der Waals surface area (Å²) >= 11 is 0. The number of hydrogen-bond acceptors (Lipinski definition) is 6. The summed E-state index contributed by atoms with van der Waals surface area (Å²) in [6, 6.07) is 15.4. The lowest BCUT2D eigenvalue weighted by Crippen LogP contribution is -2.14. The smallest absolute Gasteiger partial charge is 0.228 e. The molecule has 1 aliphatic rings. The third kappa shape index (κ3) is 5.26. The molecule has 2 aromatic carbocycles. The number of amides is 1. The number of carbonyl (C=O) groups is 1. The molecule has 8 nitrogen and oxygen atoms in total. The number of hydrogen-bond donors (Lipinski definition) is 1. The van der Waals surface area contributed by atoms with E-state index in [1.165, 1.54) is 6.42 Å². The molecule has 3 heterocycles. The van der Waals surface area contributed by atoms with Crippen molar-refractivity contribution in [3.8, 4) is 17.1 Å². The van der Waals surface area contributed by atoms with Gasteiger partial charge in [0.05, 0.1) is 17.7 Å². The molecule has 35 heavy (non-hydrogen) atoms. The maximum absolute atomic E-state index is 12.7. The van der Waals surface area contributed by atoms with Gasteiger partial charge in [0.1, 0.15) is 23.9 Å². The average Bonchev–Trinajstić information content (AvgIpc) is 3.31. The standard InChI is InChI=1S/C27H29N5O3/c1-18-24(19(2)35-31-18)17-34-23-12-10-20(11-13-23)15-26(33)28-22-8-6-7-21(16-22)27-30-29-25-9-4-3-5-14-32(25)27/h6-8,10-13,16H,3-5,9,14-15,17H2,1-2H3,(H,28,33). The number of benzene rings is 2. The molecule has 0 spiro atoms. The molecule has 2 aromatic heterocycles. The fourth-order valence-electron chi connectivity index (χ4n) is 4.39. The normalized spacial score (nSPS) is 13.2. The zero-order valence-corrected chi connectivity index (χ0v) is 20.1. The van der Waals surface area contributed by atoms with Crippen molar-refractivity contribution in [1.82, 2.24) is 19.9 Å². The molecule has 0 fully saturated rings. The predicted molar refractivity (Wildman–Crippen MR) is 132 cm³/mol. The lowest BCUT2D eigenvalue weighted by Gasteiger charge is -2.10. The molecule has 1 aliphatic heterocycles. The molecule has 180 valence electrons. The van der Waals surface area contributed by atoms with Crippen LogP contribution in [-0.4, -0.2) is 25.8 Å². The first kappa shape index (κ1) is 22.8. The molecular weight excluding hydrogens is 442 g/mol. The summed E-state index contributed by atoms with van der Waals surface area (Å²) in [5.41, 5.74) is 4.41. The zero-order valence-electron chi connectivity index (χ0n) is 20.1. The first-order valence-electron chi connectivity index (χ1n) is 12.0. The zero-order chi connectivity index (χ0) is 24.2. The van der Waals surface area contributed by atoms with Gasteiger partial charge in [0.15, 0.2) is 5.82 Å². The molecule has 0 saturated carbocycles. The van der Waals surface area contributed by atoms with Gasteiger partial charge in [-0.05, 0) is 56.5 Å². The maximum atomic E-state index is 12.7. The Labute approximate surface area is 204 Å². The third-order valence-electron chi connectivity index (χ3n) is 6.37. The van der Waals surface area contributed by atoms with Crippen LogP contribution in [-0.2, 0) is 30.8 Å². The van der Waals surface area contributed by atoms with Gasteiger partial charge in [-0.25, -0.2) is 0 Å². The van der Waals surface area contributed by atoms with Crippen molar-refractivity contribution in [2.75, 3.05) is 5.32 Å². The van der Waals surface area contributed by atoms with Gasteiger partial charge in [-0.1, -0.05) is 35.8 Å². The van der Waals surface area contributed by atoms with Gasteiger partial charge in [-0.2, -0.15) is 0 Å². The third-order valence-corrected chi connectivity index (χ3v) is 6.37. The van der Waals surface area contributed by atoms with Crippen LogP contribution in [0.5, 0.6) is 5.75 Å². The Morgan fingerprint density at radius 2 is 1.94 bits per heavy atom. The topological polar surface area (TPSA) is 95.1 Å². The molecule has 4 aromatic rings. The second-order valence-electron chi connectivity index (χ2n) is 8.94. The molecule has 0 unspecified atom stereocenters. The molecule has 0 saturated heterocycles. The van der Waals surface area contributed by atoms with Crippen molar-refractivity contribution in [3.63, 3.8) is 0 Å². The molecule has 1 amide bonds. The Morgan fingerprint density at radius 3 is 2.74 bits per heavy atom. The molecule has 0 bridgehead atoms. The summed E-state index contributed by atoms with van der Waals surface area (Å²) in [5.74, 6) is 3.33. The Hall–Kier alpha value is -3.94. The summed E-state index contributed by atoms with van der Waals surface area (Å²) in [4.78, 5) is 12.7. The number of rotatable bonds is 7. The number of carbonyl (C=O) groups excluding carboxylic acids is 1. The van der Waals surface area contributed by atoms with Crippen molar-refractivity contribution in [2.45, 2.75) is 59.1 Å². The van der Waals surface area contributed by atoms with Gasteiger partial charge in [0.2, 0.25) is 5.91 Å². The fraction of sp³-hybridized carbons (Fsp3) is 0.333. The summed E-state index contributed by atoms with van der Waals surface area (Å²) in [7, 11) is 0. The quantitative estimate of drug-likeness (QED) is 0.406. The van der Waals surface area contributed by atoms with E-state index in [-0.39, 0.29) is 12.3 Å². The van der Waals surface area contributed by atoms with E-state index in [2.05, 4.69) is 25.2 Å². The van der Waals surface area contributed by atoms with Crippen molar-refractivity contribution in [3.05, 3.63) is 76.9 Å². The summed E-state index contributed by atoms with van der Waals surface area (Å²) < 4.78 is 13.2. The van der Waals surface area contributed by atoms with E-state index in [1.807, 2.05) is 62.4 Å². The summed E-state index contributed by atoms with van der Waals surface area (Å²) in [5, 5.41) is 15.8. The van der Waals surface area contributed by atoms with Crippen molar-refractivity contribution < 1.29 is 14.1 Å². The van der Waals surface area contributed by atoms with Crippen molar-refractivity contribution >= 4 is 11.6 Å². The molecule has 5 rings (SSSR count). The predicted octanol–water partition coefficient (Wildman–Crippen LogP) is 5.04. The summed E-state index contributed by atoms with van der Waals surface area (Å²) in [6.07, 6.45) is 4.75. The molecule has 1 N–H and O–H groups in total. The first-order valence-corrected chi connectivity index (χ1v) is 12.0. The van der Waals surface area contributed by atoms with Crippen LogP contribution in [0.4, 0.5) is 5.69 Å². The Balaban J connectivity index is 1.20. The highest BCUT2D eigenvalue weighted by Gasteiger charge is 2.16. The van der Waals surface area contributed by atoms with Crippen LogP contribution in [0.3, 0.4) is 0 Å². The van der Waals surface area contributed by atoms with Crippen LogP contribution in [0.1, 0.15) is 47.7 Å². The van der Waals surface area contributed by atoms with E-state index < -0.39 is 0 Å². The van der Waals surface area contributed by atoms with Gasteiger partial charge < -0.3 is 19.1 Å².